The summed E-state index contributed by atoms with van der Waals surface area (Å²) in [5.74, 6) is 0.410. The van der Waals surface area contributed by atoms with Gasteiger partial charge in [-0.15, -0.1) is 5.10 Å². The van der Waals surface area contributed by atoms with E-state index in [-0.39, 0.29) is 34.2 Å². The van der Waals surface area contributed by atoms with Gasteiger partial charge < -0.3 is 10.6 Å². The molecule has 3 aromatic heterocycles. The quantitative estimate of drug-likeness (QED) is 0.401. The lowest BCUT2D eigenvalue weighted by Crippen LogP contribution is -2.46. The summed E-state index contributed by atoms with van der Waals surface area (Å²) < 4.78 is 30.9. The number of pyridine rings is 1. The lowest BCUT2D eigenvalue weighted by molar-refractivity contribution is 0.487. The number of sulfonamides is 1. The predicted octanol–water partition coefficient (Wildman–Crippen LogP) is 1.54. The summed E-state index contributed by atoms with van der Waals surface area (Å²) in [6.45, 7) is 1.34. The molecular formula is C24H24N8O3S. The smallest absolute Gasteiger partial charge is 0.279 e. The zero-order valence-electron chi connectivity index (χ0n) is 19.3. The Morgan fingerprint density at radius 2 is 2.06 bits per heavy atom. The minimum absolute atomic E-state index is 0.00160. The molecule has 11 nitrogen and oxygen atoms in total. The molecule has 1 aliphatic heterocycles. The van der Waals surface area contributed by atoms with Crippen molar-refractivity contribution >= 4 is 27.2 Å². The van der Waals surface area contributed by atoms with Gasteiger partial charge in [0.25, 0.3) is 15.6 Å². The second-order valence-electron chi connectivity index (χ2n) is 8.66. The first-order chi connectivity index (χ1) is 17.4. The summed E-state index contributed by atoms with van der Waals surface area (Å²) in [4.78, 5) is 19.5. The Hall–Kier alpha value is -4.21. The number of nitriles is 1. The van der Waals surface area contributed by atoms with Crippen LogP contribution in [0, 0.1) is 11.3 Å². The van der Waals surface area contributed by atoms with Gasteiger partial charge in [0.1, 0.15) is 10.4 Å². The maximum Gasteiger partial charge on any atom is 0.279 e. The van der Waals surface area contributed by atoms with E-state index in [4.69, 9.17) is 5.73 Å². The summed E-state index contributed by atoms with van der Waals surface area (Å²) in [6, 6.07) is 13.6. The standard InChI is InChI=1S/C24H24N8O3S/c25-12-17-5-1-2-6-18(17)14-31-23(33)22-11-20(29-36(34,35)21-8-3-9-27-13-21)16-32(22)28-24(31)30-10-4-7-19(26)15-30/h1-3,5-6,8-9,11,13,16,19,29H,4,7,10,14-15,26H2/t19-/m1/s1. The molecule has 0 unspecified atom stereocenters. The monoisotopic (exact) mass is 504 g/mol. The van der Waals surface area contributed by atoms with E-state index in [0.717, 1.165) is 12.8 Å². The number of benzene rings is 1. The number of piperidine rings is 1. The largest absolute Gasteiger partial charge is 0.339 e. The molecule has 1 fully saturated rings. The average molecular weight is 505 g/mol. The van der Waals surface area contributed by atoms with E-state index in [1.807, 2.05) is 11.0 Å². The molecule has 1 saturated heterocycles. The number of nitrogens with one attached hydrogen (secondary N) is 1. The molecule has 0 spiro atoms. The van der Waals surface area contributed by atoms with Crippen LogP contribution in [0.15, 0.2) is 70.7 Å². The Labute approximate surface area is 207 Å². The normalized spacial score (nSPS) is 16.1. The Bertz CT molecular complexity index is 1620. The van der Waals surface area contributed by atoms with Gasteiger partial charge in [-0.3, -0.25) is 19.1 Å². The van der Waals surface area contributed by atoms with Crippen molar-refractivity contribution < 1.29 is 8.42 Å². The van der Waals surface area contributed by atoms with Gasteiger partial charge in [-0.2, -0.15) is 5.26 Å². The Morgan fingerprint density at radius 3 is 2.81 bits per heavy atom. The minimum Gasteiger partial charge on any atom is -0.339 e. The van der Waals surface area contributed by atoms with Crippen LogP contribution in [0.3, 0.4) is 0 Å². The molecular weight excluding hydrogens is 480 g/mol. The van der Waals surface area contributed by atoms with Crippen LogP contribution in [0.25, 0.3) is 5.52 Å². The van der Waals surface area contributed by atoms with Gasteiger partial charge in [-0.25, -0.2) is 12.9 Å². The van der Waals surface area contributed by atoms with Crippen LogP contribution in [-0.2, 0) is 16.6 Å². The van der Waals surface area contributed by atoms with Crippen molar-refractivity contribution in [1.29, 1.82) is 5.26 Å². The maximum absolute atomic E-state index is 13.7. The first-order valence-corrected chi connectivity index (χ1v) is 12.9. The molecule has 1 aromatic carbocycles. The Morgan fingerprint density at radius 1 is 1.22 bits per heavy atom. The number of nitrogens with two attached hydrogens (primary N) is 1. The second-order valence-corrected chi connectivity index (χ2v) is 10.3. The summed E-state index contributed by atoms with van der Waals surface area (Å²) in [5.41, 5.74) is 7.37. The third-order valence-corrected chi connectivity index (χ3v) is 7.47. The first kappa shape index (κ1) is 23.5. The molecule has 0 aliphatic carbocycles. The van der Waals surface area contributed by atoms with E-state index in [1.54, 1.807) is 18.2 Å². The van der Waals surface area contributed by atoms with Gasteiger partial charge in [0.15, 0.2) is 0 Å². The van der Waals surface area contributed by atoms with Crippen LogP contribution < -0.4 is 20.9 Å². The highest BCUT2D eigenvalue weighted by molar-refractivity contribution is 7.92. The molecule has 3 N–H and O–H groups in total. The van der Waals surface area contributed by atoms with E-state index in [9.17, 15) is 18.5 Å². The fourth-order valence-electron chi connectivity index (χ4n) is 4.36. The van der Waals surface area contributed by atoms with Crippen molar-refractivity contribution in [3.8, 4) is 6.07 Å². The Balaban J connectivity index is 1.61. The molecule has 0 bridgehead atoms. The van der Waals surface area contributed by atoms with Gasteiger partial charge in [0.05, 0.1) is 30.1 Å². The van der Waals surface area contributed by atoms with Crippen molar-refractivity contribution in [2.45, 2.75) is 30.3 Å². The van der Waals surface area contributed by atoms with Crippen LogP contribution in [0.2, 0.25) is 0 Å². The van der Waals surface area contributed by atoms with Gasteiger partial charge in [0.2, 0.25) is 5.95 Å². The van der Waals surface area contributed by atoms with Crippen LogP contribution in [0.4, 0.5) is 11.6 Å². The molecule has 1 atom stereocenters. The van der Waals surface area contributed by atoms with E-state index >= 15 is 0 Å². The summed E-state index contributed by atoms with van der Waals surface area (Å²) in [5, 5.41) is 14.2. The predicted molar refractivity (Wildman–Crippen MR) is 134 cm³/mol. The number of anilines is 2. The summed E-state index contributed by atoms with van der Waals surface area (Å²) in [7, 11) is -3.90. The summed E-state index contributed by atoms with van der Waals surface area (Å²) in [6.07, 6.45) is 5.92. The zero-order chi connectivity index (χ0) is 25.3. The van der Waals surface area contributed by atoms with E-state index < -0.39 is 10.0 Å². The van der Waals surface area contributed by atoms with Crippen LogP contribution in [0.1, 0.15) is 24.0 Å². The molecule has 184 valence electrons. The second kappa shape index (κ2) is 9.44. The Kier molecular flexibility index (Phi) is 6.17. The number of hydrogen-bond acceptors (Lipinski definition) is 8. The third kappa shape index (κ3) is 4.53. The number of hydrogen-bond donors (Lipinski definition) is 2. The van der Waals surface area contributed by atoms with E-state index in [0.29, 0.717) is 30.2 Å². The average Bonchev–Trinajstić information content (AvgIpc) is 3.28. The number of aromatic nitrogens is 4. The molecule has 36 heavy (non-hydrogen) atoms. The number of rotatable bonds is 6. The molecule has 12 heteroatoms. The fourth-order valence-corrected chi connectivity index (χ4v) is 5.35. The lowest BCUT2D eigenvalue weighted by atomic mass is 10.1. The summed E-state index contributed by atoms with van der Waals surface area (Å²) >= 11 is 0. The first-order valence-electron chi connectivity index (χ1n) is 11.4. The third-order valence-electron chi connectivity index (χ3n) is 6.11. The zero-order valence-corrected chi connectivity index (χ0v) is 20.1. The topological polar surface area (TPSA) is 151 Å². The molecule has 0 saturated carbocycles. The highest BCUT2D eigenvalue weighted by Gasteiger charge is 2.24. The van der Waals surface area contributed by atoms with Crippen molar-refractivity contribution in [3.63, 3.8) is 0 Å². The van der Waals surface area contributed by atoms with Gasteiger partial charge in [-0.05, 0) is 42.7 Å². The number of nitrogens with zero attached hydrogens (tertiary/aromatic N) is 6. The maximum atomic E-state index is 13.7. The van der Waals surface area contributed by atoms with E-state index in [1.165, 1.54) is 45.9 Å². The molecule has 1 aliphatic rings. The van der Waals surface area contributed by atoms with E-state index in [2.05, 4.69) is 20.9 Å². The van der Waals surface area contributed by atoms with Gasteiger partial charge in [-0.1, -0.05) is 18.2 Å². The molecule has 0 amide bonds. The van der Waals surface area contributed by atoms with Crippen LogP contribution in [-0.4, -0.2) is 46.7 Å². The van der Waals surface area contributed by atoms with Crippen molar-refractivity contribution in [2.24, 2.45) is 5.73 Å². The van der Waals surface area contributed by atoms with Crippen molar-refractivity contribution in [1.82, 2.24) is 19.2 Å². The lowest BCUT2D eigenvalue weighted by Gasteiger charge is -2.32. The minimum atomic E-state index is -3.90. The van der Waals surface area contributed by atoms with Crippen molar-refractivity contribution in [2.75, 3.05) is 22.7 Å². The van der Waals surface area contributed by atoms with Crippen LogP contribution in [0.5, 0.6) is 0 Å². The molecule has 0 radical (unpaired) electrons. The fraction of sp³-hybridized carbons (Fsp3) is 0.250. The van der Waals surface area contributed by atoms with Crippen LogP contribution >= 0.6 is 0 Å². The highest BCUT2D eigenvalue weighted by Crippen LogP contribution is 2.22. The van der Waals surface area contributed by atoms with Gasteiger partial charge >= 0.3 is 0 Å². The molecule has 5 rings (SSSR count). The highest BCUT2D eigenvalue weighted by atomic mass is 32.2. The van der Waals surface area contributed by atoms with Crippen molar-refractivity contribution in [3.05, 3.63) is 82.5 Å². The SMILES string of the molecule is N#Cc1ccccc1Cn1c(N2CCC[C@@H](N)C2)nn2cc(NS(=O)(=O)c3cccnc3)cc2c1=O. The van der Waals surface area contributed by atoms with Gasteiger partial charge in [0, 0.05) is 31.5 Å². The molecule has 4 heterocycles. The number of fused-ring (bicyclic) bond motifs is 1. The molecule has 4 aromatic rings.